The van der Waals surface area contributed by atoms with Crippen LogP contribution in [0, 0.1) is 0 Å². The second-order valence-electron chi connectivity index (χ2n) is 6.41. The van der Waals surface area contributed by atoms with Crippen molar-refractivity contribution in [3.63, 3.8) is 0 Å². The lowest BCUT2D eigenvalue weighted by atomic mass is 10.1. The maximum atomic E-state index is 11.5. The molecule has 0 unspecified atom stereocenters. The van der Waals surface area contributed by atoms with Gasteiger partial charge in [0.05, 0.1) is 0 Å². The molecule has 3 N–H and O–H groups in total. The first-order chi connectivity index (χ1) is 14.5. The predicted molar refractivity (Wildman–Crippen MR) is 120 cm³/mol. The highest BCUT2D eigenvalue weighted by Gasteiger charge is 2.16. The molecule has 0 spiro atoms. The van der Waals surface area contributed by atoms with E-state index in [4.69, 9.17) is 16.3 Å². The Bertz CT molecular complexity index is 1210. The summed E-state index contributed by atoms with van der Waals surface area (Å²) in [6, 6.07) is 23.1. The summed E-state index contributed by atoms with van der Waals surface area (Å²) >= 11 is 7.16. The van der Waals surface area contributed by atoms with Gasteiger partial charge in [-0.05, 0) is 66.5 Å². The molecule has 0 aliphatic rings. The van der Waals surface area contributed by atoms with E-state index < -0.39 is 5.97 Å². The second-order valence-corrected chi connectivity index (χ2v) is 7.69. The van der Waals surface area contributed by atoms with Crippen LogP contribution in [0.1, 0.15) is 10.4 Å². The van der Waals surface area contributed by atoms with Crippen LogP contribution in [0.2, 0.25) is 5.02 Å². The Morgan fingerprint density at radius 2 is 1.50 bits per heavy atom. The summed E-state index contributed by atoms with van der Waals surface area (Å²) in [5.74, 6) is -0.0441. The van der Waals surface area contributed by atoms with Crippen molar-refractivity contribution in [2.75, 3.05) is 4.72 Å². The molecule has 7 heteroatoms. The van der Waals surface area contributed by atoms with E-state index in [1.165, 1.54) is 18.0 Å². The van der Waals surface area contributed by atoms with Crippen LogP contribution in [0.4, 0.5) is 5.69 Å². The lowest BCUT2D eigenvalue weighted by Gasteiger charge is -2.12. The number of nitrogens with one attached hydrogen (secondary N) is 1. The number of carbonyl (C=O) groups is 1. The van der Waals surface area contributed by atoms with Crippen molar-refractivity contribution in [2.45, 2.75) is 4.90 Å². The zero-order chi connectivity index (χ0) is 21.1. The van der Waals surface area contributed by atoms with Gasteiger partial charge in [-0.15, -0.1) is 0 Å². The molecule has 0 aliphatic carbocycles. The first kappa shape index (κ1) is 19.9. The topological polar surface area (TPSA) is 78.8 Å². The third kappa shape index (κ3) is 4.30. The number of phenols is 1. The Kier molecular flexibility index (Phi) is 5.70. The zero-order valence-electron chi connectivity index (χ0n) is 15.5. The van der Waals surface area contributed by atoms with Gasteiger partial charge in [-0.1, -0.05) is 35.9 Å². The predicted octanol–water partition coefficient (Wildman–Crippen LogP) is 6.81. The summed E-state index contributed by atoms with van der Waals surface area (Å²) in [4.78, 5) is 12.2. The molecule has 0 amide bonds. The Labute approximate surface area is 182 Å². The molecule has 150 valence electrons. The minimum Gasteiger partial charge on any atom is -0.506 e. The van der Waals surface area contributed by atoms with Crippen LogP contribution < -0.4 is 9.46 Å². The number of aromatic hydroxyl groups is 1. The van der Waals surface area contributed by atoms with Crippen molar-refractivity contribution in [1.29, 1.82) is 0 Å². The molecule has 30 heavy (non-hydrogen) atoms. The molecule has 0 atom stereocenters. The number of carboxylic acids is 1. The van der Waals surface area contributed by atoms with E-state index >= 15 is 0 Å². The standard InChI is InChI=1S/C23H16ClNO4S/c24-14-5-9-16(10-6-14)29-17-11-7-15(8-12-17)25-30-21-13-20(23(27)28)22(26)19-4-2-1-3-18(19)21/h1-13,25-26H,(H,27,28). The monoisotopic (exact) mass is 437 g/mol. The van der Waals surface area contributed by atoms with Crippen molar-refractivity contribution in [1.82, 2.24) is 0 Å². The maximum absolute atomic E-state index is 11.5. The molecule has 0 aliphatic heterocycles. The average molecular weight is 438 g/mol. The van der Waals surface area contributed by atoms with Gasteiger partial charge in [0, 0.05) is 26.4 Å². The quantitative estimate of drug-likeness (QED) is 0.287. The minimum absolute atomic E-state index is 0.135. The number of anilines is 1. The summed E-state index contributed by atoms with van der Waals surface area (Å²) in [6.07, 6.45) is 0. The smallest absolute Gasteiger partial charge is 0.339 e. The van der Waals surface area contributed by atoms with Crippen molar-refractivity contribution >= 4 is 46.0 Å². The normalized spacial score (nSPS) is 10.7. The molecule has 0 bridgehead atoms. The Hall–Kier alpha value is -3.35. The molecule has 0 heterocycles. The number of halogens is 1. The molecular weight excluding hydrogens is 422 g/mol. The number of hydrogen-bond acceptors (Lipinski definition) is 5. The van der Waals surface area contributed by atoms with Crippen LogP contribution in [0.25, 0.3) is 10.8 Å². The highest BCUT2D eigenvalue weighted by atomic mass is 35.5. The number of hydrogen-bond donors (Lipinski definition) is 3. The Morgan fingerprint density at radius 3 is 2.13 bits per heavy atom. The molecule has 0 aromatic heterocycles. The number of benzene rings is 4. The van der Waals surface area contributed by atoms with Gasteiger partial charge in [0.2, 0.25) is 0 Å². The second kappa shape index (κ2) is 8.57. The third-order valence-corrected chi connectivity index (χ3v) is 5.54. The largest absolute Gasteiger partial charge is 0.506 e. The van der Waals surface area contributed by atoms with Crippen molar-refractivity contribution in [2.24, 2.45) is 0 Å². The SMILES string of the molecule is O=C(O)c1cc(SNc2ccc(Oc3ccc(Cl)cc3)cc2)c2ccccc2c1O. The first-order valence-corrected chi connectivity index (χ1v) is 10.1. The van der Waals surface area contributed by atoms with E-state index in [2.05, 4.69) is 4.72 Å². The summed E-state index contributed by atoms with van der Waals surface area (Å²) in [6.45, 7) is 0. The van der Waals surface area contributed by atoms with Crippen molar-refractivity contribution < 1.29 is 19.7 Å². The highest BCUT2D eigenvalue weighted by molar-refractivity contribution is 8.00. The van der Waals surface area contributed by atoms with Crippen LogP contribution >= 0.6 is 23.5 Å². The maximum Gasteiger partial charge on any atom is 0.339 e. The van der Waals surface area contributed by atoms with E-state index in [9.17, 15) is 15.0 Å². The number of ether oxygens (including phenoxy) is 1. The first-order valence-electron chi connectivity index (χ1n) is 8.95. The van der Waals surface area contributed by atoms with Crippen LogP contribution in [0.3, 0.4) is 0 Å². The zero-order valence-corrected chi connectivity index (χ0v) is 17.1. The van der Waals surface area contributed by atoms with Gasteiger partial charge in [0.1, 0.15) is 22.8 Å². The number of fused-ring (bicyclic) bond motifs is 1. The van der Waals surface area contributed by atoms with Gasteiger partial charge >= 0.3 is 5.97 Å². The van der Waals surface area contributed by atoms with E-state index in [1.54, 1.807) is 36.4 Å². The fourth-order valence-corrected chi connectivity index (χ4v) is 3.87. The average Bonchev–Trinajstić information content (AvgIpc) is 2.76. The van der Waals surface area contributed by atoms with Gasteiger partial charge in [0.25, 0.3) is 0 Å². The fraction of sp³-hybridized carbons (Fsp3) is 0. The lowest BCUT2D eigenvalue weighted by Crippen LogP contribution is -1.99. The molecule has 0 radical (unpaired) electrons. The molecular formula is C23H16ClNO4S. The Balaban J connectivity index is 1.52. The molecule has 4 aromatic rings. The molecule has 0 saturated heterocycles. The summed E-state index contributed by atoms with van der Waals surface area (Å²) in [5, 5.41) is 21.6. The van der Waals surface area contributed by atoms with Crippen molar-refractivity contribution in [3.8, 4) is 17.2 Å². The van der Waals surface area contributed by atoms with Crippen LogP contribution in [0.5, 0.6) is 17.2 Å². The van der Waals surface area contributed by atoms with E-state index in [0.717, 1.165) is 11.1 Å². The number of aromatic carboxylic acids is 1. The third-order valence-electron chi connectivity index (χ3n) is 4.39. The number of rotatable bonds is 6. The van der Waals surface area contributed by atoms with Gasteiger partial charge in [-0.25, -0.2) is 4.79 Å². The van der Waals surface area contributed by atoms with E-state index in [-0.39, 0.29) is 11.3 Å². The van der Waals surface area contributed by atoms with Crippen LogP contribution in [-0.2, 0) is 0 Å². The van der Waals surface area contributed by atoms with Crippen LogP contribution in [0.15, 0.2) is 83.8 Å². The molecule has 4 aromatic carbocycles. The molecule has 4 rings (SSSR count). The lowest BCUT2D eigenvalue weighted by molar-refractivity contribution is 0.0693. The number of carboxylic acid groups (broad SMARTS) is 1. The molecule has 0 fully saturated rings. The minimum atomic E-state index is -1.18. The summed E-state index contributed by atoms with van der Waals surface area (Å²) < 4.78 is 8.98. The summed E-state index contributed by atoms with van der Waals surface area (Å²) in [7, 11) is 0. The van der Waals surface area contributed by atoms with Gasteiger partial charge in [0.15, 0.2) is 0 Å². The highest BCUT2D eigenvalue weighted by Crippen LogP contribution is 2.37. The molecule has 5 nitrogen and oxygen atoms in total. The molecule has 0 saturated carbocycles. The van der Waals surface area contributed by atoms with Crippen molar-refractivity contribution in [3.05, 3.63) is 89.4 Å². The van der Waals surface area contributed by atoms with E-state index in [0.29, 0.717) is 26.8 Å². The fourth-order valence-electron chi connectivity index (χ4n) is 2.92. The Morgan fingerprint density at radius 1 is 0.900 bits per heavy atom. The van der Waals surface area contributed by atoms with Crippen LogP contribution in [-0.4, -0.2) is 16.2 Å². The summed E-state index contributed by atoms with van der Waals surface area (Å²) in [5.41, 5.74) is 0.683. The van der Waals surface area contributed by atoms with Gasteiger partial charge < -0.3 is 19.7 Å². The van der Waals surface area contributed by atoms with Gasteiger partial charge in [-0.3, -0.25) is 0 Å². The van der Waals surface area contributed by atoms with Gasteiger partial charge in [-0.2, -0.15) is 0 Å². The van der Waals surface area contributed by atoms with E-state index in [1.807, 2.05) is 36.4 Å².